The van der Waals surface area contributed by atoms with Gasteiger partial charge in [0.2, 0.25) is 0 Å². The molecule has 0 aromatic heterocycles. The Labute approximate surface area is 95.4 Å². The number of benzene rings is 1. The van der Waals surface area contributed by atoms with Crippen LogP contribution in [0.5, 0.6) is 0 Å². The van der Waals surface area contributed by atoms with Crippen molar-refractivity contribution in [2.75, 3.05) is 6.61 Å². The maximum absolute atomic E-state index is 11.1. The van der Waals surface area contributed by atoms with Gasteiger partial charge in [-0.15, -0.1) is 0 Å². The summed E-state index contributed by atoms with van der Waals surface area (Å²) in [6, 6.07) is 6.17. The number of aromatic carboxylic acids is 1. The lowest BCUT2D eigenvalue weighted by Gasteiger charge is -2.22. The predicted molar refractivity (Wildman–Crippen MR) is 60.0 cm³/mol. The van der Waals surface area contributed by atoms with Crippen molar-refractivity contribution in [1.82, 2.24) is 0 Å². The third-order valence-corrected chi connectivity index (χ3v) is 3.00. The molecular weight excluding hydrogens is 227 g/mol. The monoisotopic (exact) mass is 240 g/mol. The molecule has 0 aliphatic carbocycles. The molecule has 4 nitrogen and oxygen atoms in total. The van der Waals surface area contributed by atoms with E-state index in [1.54, 1.807) is 19.1 Å². The first-order valence-corrected chi connectivity index (χ1v) is 5.67. The zero-order chi connectivity index (χ0) is 12.2. The fraction of sp³-hybridized carbons (Fsp3) is 0.364. The van der Waals surface area contributed by atoms with Gasteiger partial charge in [-0.25, -0.2) is 4.79 Å². The Morgan fingerprint density at radius 2 is 2.00 bits per heavy atom. The standard InChI is InChI=1S/C11H13O4P/c1-3-15-11(2,16-14)9-6-4-8(5-7-9)10(12)13/h4-7H,3H2,1-2H3,(H,12,13). The van der Waals surface area contributed by atoms with Crippen molar-refractivity contribution >= 4 is 14.4 Å². The fourth-order valence-corrected chi connectivity index (χ4v) is 1.80. The van der Waals surface area contributed by atoms with E-state index in [1.807, 2.05) is 6.92 Å². The summed E-state index contributed by atoms with van der Waals surface area (Å²) in [7, 11) is -0.149. The van der Waals surface area contributed by atoms with Crippen molar-refractivity contribution < 1.29 is 19.2 Å². The maximum atomic E-state index is 11.1. The minimum atomic E-state index is -0.982. The molecule has 0 saturated carbocycles. The Balaban J connectivity index is 3.03. The summed E-state index contributed by atoms with van der Waals surface area (Å²) in [4.78, 5) is 10.7. The van der Waals surface area contributed by atoms with E-state index in [2.05, 4.69) is 0 Å². The lowest BCUT2D eigenvalue weighted by Crippen LogP contribution is -2.18. The van der Waals surface area contributed by atoms with Gasteiger partial charge in [0.1, 0.15) is 0 Å². The molecule has 1 aromatic carbocycles. The Morgan fingerprint density at radius 1 is 1.44 bits per heavy atom. The van der Waals surface area contributed by atoms with Crippen LogP contribution in [0.15, 0.2) is 24.3 Å². The highest BCUT2D eigenvalue weighted by Crippen LogP contribution is 2.35. The van der Waals surface area contributed by atoms with Crippen LogP contribution < -0.4 is 0 Å². The molecule has 16 heavy (non-hydrogen) atoms. The Kier molecular flexibility index (Phi) is 4.16. The number of ether oxygens (including phenoxy) is 1. The van der Waals surface area contributed by atoms with Crippen LogP contribution in [0.25, 0.3) is 0 Å². The van der Waals surface area contributed by atoms with Gasteiger partial charge in [0.05, 0.1) is 5.56 Å². The van der Waals surface area contributed by atoms with E-state index >= 15 is 0 Å². The van der Waals surface area contributed by atoms with Crippen LogP contribution in [-0.4, -0.2) is 17.7 Å². The van der Waals surface area contributed by atoms with Crippen LogP contribution in [0, 0.1) is 0 Å². The SMILES string of the molecule is CCOC(C)(P=O)c1ccc(C(=O)O)cc1. The number of rotatable bonds is 5. The van der Waals surface area contributed by atoms with E-state index in [0.29, 0.717) is 12.2 Å². The largest absolute Gasteiger partial charge is 0.478 e. The molecular formula is C11H13O4P. The fourth-order valence-electron chi connectivity index (χ4n) is 1.37. The molecule has 1 aromatic rings. The molecule has 5 heteroatoms. The topological polar surface area (TPSA) is 63.6 Å². The molecule has 0 spiro atoms. The summed E-state index contributed by atoms with van der Waals surface area (Å²) in [6.45, 7) is 3.95. The minimum absolute atomic E-state index is 0.149. The maximum Gasteiger partial charge on any atom is 0.335 e. The number of hydrogen-bond acceptors (Lipinski definition) is 3. The first-order valence-electron chi connectivity index (χ1n) is 4.86. The van der Waals surface area contributed by atoms with Crippen LogP contribution in [0.3, 0.4) is 0 Å². The van der Waals surface area contributed by atoms with Crippen LogP contribution in [-0.2, 0) is 14.6 Å². The molecule has 0 aliphatic heterocycles. The highest BCUT2D eigenvalue weighted by Gasteiger charge is 2.27. The van der Waals surface area contributed by atoms with Gasteiger partial charge in [0.15, 0.2) is 13.8 Å². The third-order valence-electron chi connectivity index (χ3n) is 2.27. The van der Waals surface area contributed by atoms with E-state index in [-0.39, 0.29) is 14.0 Å². The van der Waals surface area contributed by atoms with Gasteiger partial charge in [0, 0.05) is 6.61 Å². The van der Waals surface area contributed by atoms with E-state index in [9.17, 15) is 9.36 Å². The zero-order valence-electron chi connectivity index (χ0n) is 9.14. The summed E-state index contributed by atoms with van der Waals surface area (Å²) in [5, 5.41) is 7.83. The smallest absolute Gasteiger partial charge is 0.335 e. The van der Waals surface area contributed by atoms with Crippen molar-refractivity contribution in [2.45, 2.75) is 19.2 Å². The Morgan fingerprint density at radius 3 is 2.38 bits per heavy atom. The van der Waals surface area contributed by atoms with Gasteiger partial charge in [-0.3, -0.25) is 4.57 Å². The third kappa shape index (κ3) is 2.65. The van der Waals surface area contributed by atoms with Crippen LogP contribution in [0.4, 0.5) is 0 Å². The average Bonchev–Trinajstić information content (AvgIpc) is 2.29. The van der Waals surface area contributed by atoms with Crippen LogP contribution in [0.1, 0.15) is 29.8 Å². The van der Waals surface area contributed by atoms with Crippen molar-refractivity contribution in [3.63, 3.8) is 0 Å². The summed E-state index contributed by atoms with van der Waals surface area (Å²) in [6.07, 6.45) is 0. The molecule has 0 radical (unpaired) electrons. The second-order valence-electron chi connectivity index (χ2n) is 3.39. The first-order chi connectivity index (χ1) is 7.53. The first kappa shape index (κ1) is 12.8. The molecule has 0 saturated heterocycles. The molecule has 0 amide bonds. The van der Waals surface area contributed by atoms with Gasteiger partial charge in [-0.05, 0) is 31.5 Å². The molecule has 0 aliphatic rings. The van der Waals surface area contributed by atoms with Gasteiger partial charge < -0.3 is 9.84 Å². The number of hydrogen-bond donors (Lipinski definition) is 1. The molecule has 1 rings (SSSR count). The summed E-state index contributed by atoms with van der Waals surface area (Å²) < 4.78 is 16.5. The lowest BCUT2D eigenvalue weighted by molar-refractivity contribution is 0.0411. The molecule has 1 atom stereocenters. The predicted octanol–water partition coefficient (Wildman–Crippen LogP) is 2.89. The van der Waals surface area contributed by atoms with Gasteiger partial charge in [-0.2, -0.15) is 0 Å². The van der Waals surface area contributed by atoms with Crippen LogP contribution in [0.2, 0.25) is 0 Å². The number of carboxylic acids is 1. The Bertz CT molecular complexity index is 387. The quantitative estimate of drug-likeness (QED) is 0.804. The van der Waals surface area contributed by atoms with E-state index in [4.69, 9.17) is 9.84 Å². The second-order valence-corrected chi connectivity index (χ2v) is 4.43. The lowest BCUT2D eigenvalue weighted by atomic mass is 10.1. The van der Waals surface area contributed by atoms with Gasteiger partial charge in [-0.1, -0.05) is 12.1 Å². The highest BCUT2D eigenvalue weighted by atomic mass is 31.1. The molecule has 0 fully saturated rings. The van der Waals surface area contributed by atoms with E-state index < -0.39 is 11.3 Å². The van der Waals surface area contributed by atoms with Crippen molar-refractivity contribution in [3.8, 4) is 0 Å². The summed E-state index contributed by atoms with van der Waals surface area (Å²) >= 11 is 0. The van der Waals surface area contributed by atoms with E-state index in [0.717, 1.165) is 0 Å². The summed E-state index contributed by atoms with van der Waals surface area (Å²) in [5.74, 6) is -0.982. The Hall–Kier alpha value is -1.25. The van der Waals surface area contributed by atoms with E-state index in [1.165, 1.54) is 12.1 Å². The normalized spacial score (nSPS) is 14.6. The second kappa shape index (κ2) is 5.19. The highest BCUT2D eigenvalue weighted by molar-refractivity contribution is 7.25. The minimum Gasteiger partial charge on any atom is -0.478 e. The van der Waals surface area contributed by atoms with Gasteiger partial charge in [0.25, 0.3) is 0 Å². The summed E-state index contributed by atoms with van der Waals surface area (Å²) in [5.41, 5.74) is 0.890. The average molecular weight is 240 g/mol. The number of carboxylic acid groups (broad SMARTS) is 1. The van der Waals surface area contributed by atoms with Gasteiger partial charge >= 0.3 is 5.97 Å². The van der Waals surface area contributed by atoms with Crippen molar-refractivity contribution in [2.24, 2.45) is 0 Å². The van der Waals surface area contributed by atoms with Crippen LogP contribution >= 0.6 is 8.46 Å². The molecule has 1 unspecified atom stereocenters. The van der Waals surface area contributed by atoms with Crippen molar-refractivity contribution in [3.05, 3.63) is 35.4 Å². The zero-order valence-corrected chi connectivity index (χ0v) is 10.0. The molecule has 86 valence electrons. The molecule has 0 heterocycles. The number of carbonyl (C=O) groups is 1. The molecule has 1 N–H and O–H groups in total. The van der Waals surface area contributed by atoms with Crippen molar-refractivity contribution in [1.29, 1.82) is 0 Å². The molecule has 0 bridgehead atoms.